The van der Waals surface area contributed by atoms with Crippen LogP contribution in [-0.4, -0.2) is 6.61 Å². The van der Waals surface area contributed by atoms with Crippen molar-refractivity contribution in [2.75, 3.05) is 6.61 Å². The number of halogens is 2. The van der Waals surface area contributed by atoms with E-state index in [0.717, 1.165) is 11.3 Å². The van der Waals surface area contributed by atoms with Crippen molar-refractivity contribution in [2.24, 2.45) is 0 Å². The van der Waals surface area contributed by atoms with E-state index in [0.29, 0.717) is 6.61 Å². The van der Waals surface area contributed by atoms with Gasteiger partial charge in [-0.3, -0.25) is 0 Å². The van der Waals surface area contributed by atoms with Gasteiger partial charge < -0.3 is 10.1 Å². The Hall–Kier alpha value is -1.94. The second-order valence-electron chi connectivity index (χ2n) is 4.93. The van der Waals surface area contributed by atoms with E-state index in [-0.39, 0.29) is 11.6 Å². The van der Waals surface area contributed by atoms with E-state index < -0.39 is 17.7 Å². The molecule has 4 heteroatoms. The highest BCUT2D eigenvalue weighted by atomic mass is 19.1. The van der Waals surface area contributed by atoms with Crippen molar-refractivity contribution in [1.29, 1.82) is 0 Å². The van der Waals surface area contributed by atoms with Crippen LogP contribution in [-0.2, 0) is 0 Å². The van der Waals surface area contributed by atoms with Crippen LogP contribution < -0.4 is 10.1 Å². The van der Waals surface area contributed by atoms with Crippen molar-refractivity contribution in [3.8, 4) is 5.75 Å². The van der Waals surface area contributed by atoms with E-state index >= 15 is 0 Å². The van der Waals surface area contributed by atoms with Crippen molar-refractivity contribution in [1.82, 2.24) is 5.32 Å². The first kappa shape index (κ1) is 13.1. The minimum absolute atomic E-state index is 0.0554. The molecule has 104 valence electrons. The lowest BCUT2D eigenvalue weighted by Gasteiger charge is -2.20. The summed E-state index contributed by atoms with van der Waals surface area (Å²) in [5.74, 6) is -0.236. The Balaban J connectivity index is 1.82. The Morgan fingerprint density at radius 2 is 1.80 bits per heavy atom. The Bertz CT molecular complexity index is 609. The Morgan fingerprint density at radius 3 is 2.55 bits per heavy atom. The van der Waals surface area contributed by atoms with Gasteiger partial charge in [0.15, 0.2) is 0 Å². The van der Waals surface area contributed by atoms with Gasteiger partial charge in [0.25, 0.3) is 0 Å². The number of rotatable bonds is 3. The molecule has 1 aliphatic heterocycles. The molecule has 0 amide bonds. The Morgan fingerprint density at radius 1 is 1.10 bits per heavy atom. The van der Waals surface area contributed by atoms with E-state index in [1.54, 1.807) is 6.92 Å². The van der Waals surface area contributed by atoms with Gasteiger partial charge in [-0.15, -0.1) is 0 Å². The summed E-state index contributed by atoms with van der Waals surface area (Å²) in [6, 6.07) is 11.1. The zero-order valence-electron chi connectivity index (χ0n) is 11.1. The number of hydrogen-bond donors (Lipinski definition) is 1. The molecule has 0 bridgehead atoms. The average molecular weight is 275 g/mol. The molecule has 3 rings (SSSR count). The maximum atomic E-state index is 13.8. The van der Waals surface area contributed by atoms with Gasteiger partial charge in [-0.25, -0.2) is 8.78 Å². The van der Waals surface area contributed by atoms with Crippen molar-refractivity contribution in [2.45, 2.75) is 19.0 Å². The SMILES string of the molecule is CC(NC1COc2ccccc21)c1c(F)cccc1F. The van der Waals surface area contributed by atoms with Crippen molar-refractivity contribution >= 4 is 0 Å². The molecular formula is C16H15F2NO. The highest BCUT2D eigenvalue weighted by Crippen LogP contribution is 2.33. The van der Waals surface area contributed by atoms with E-state index in [1.165, 1.54) is 18.2 Å². The molecule has 0 aliphatic carbocycles. The van der Waals surface area contributed by atoms with Crippen LogP contribution in [0.2, 0.25) is 0 Å². The van der Waals surface area contributed by atoms with Gasteiger partial charge in [0.1, 0.15) is 24.0 Å². The van der Waals surface area contributed by atoms with Crippen LogP contribution in [0.25, 0.3) is 0 Å². The molecule has 0 fully saturated rings. The molecule has 2 atom stereocenters. The second kappa shape index (κ2) is 5.21. The molecule has 1 heterocycles. The molecule has 20 heavy (non-hydrogen) atoms. The number of benzene rings is 2. The first-order valence-electron chi connectivity index (χ1n) is 6.58. The summed E-state index contributed by atoms with van der Waals surface area (Å²) in [4.78, 5) is 0. The van der Waals surface area contributed by atoms with Gasteiger partial charge in [-0.2, -0.15) is 0 Å². The van der Waals surface area contributed by atoms with E-state index in [9.17, 15) is 8.78 Å². The maximum absolute atomic E-state index is 13.8. The lowest BCUT2D eigenvalue weighted by molar-refractivity contribution is 0.298. The molecule has 0 saturated carbocycles. The molecule has 2 nitrogen and oxygen atoms in total. The van der Waals surface area contributed by atoms with Crippen LogP contribution in [0.15, 0.2) is 42.5 Å². The summed E-state index contributed by atoms with van der Waals surface area (Å²) in [5, 5.41) is 3.23. The molecule has 2 aromatic rings. The highest BCUT2D eigenvalue weighted by Gasteiger charge is 2.26. The first-order chi connectivity index (χ1) is 9.66. The largest absolute Gasteiger partial charge is 0.491 e. The van der Waals surface area contributed by atoms with Crippen LogP contribution in [0, 0.1) is 11.6 Å². The first-order valence-corrected chi connectivity index (χ1v) is 6.58. The molecule has 1 N–H and O–H groups in total. The third-order valence-corrected chi connectivity index (χ3v) is 3.58. The van der Waals surface area contributed by atoms with Gasteiger partial charge >= 0.3 is 0 Å². The summed E-state index contributed by atoms with van der Waals surface area (Å²) < 4.78 is 33.1. The molecule has 2 unspecified atom stereocenters. The quantitative estimate of drug-likeness (QED) is 0.921. The minimum Gasteiger partial charge on any atom is -0.491 e. The molecular weight excluding hydrogens is 260 g/mol. The van der Waals surface area contributed by atoms with Crippen molar-refractivity contribution in [3.05, 3.63) is 65.2 Å². The molecule has 1 aliphatic rings. The third-order valence-electron chi connectivity index (χ3n) is 3.58. The maximum Gasteiger partial charge on any atom is 0.130 e. The number of ether oxygens (including phenoxy) is 1. The molecule has 0 saturated heterocycles. The van der Waals surface area contributed by atoms with E-state index in [1.807, 2.05) is 24.3 Å². The minimum atomic E-state index is -0.530. The average Bonchev–Trinajstić information content (AvgIpc) is 2.82. The topological polar surface area (TPSA) is 21.3 Å². The van der Waals surface area contributed by atoms with Crippen molar-refractivity contribution < 1.29 is 13.5 Å². The van der Waals surface area contributed by atoms with Crippen LogP contribution in [0.4, 0.5) is 8.78 Å². The summed E-state index contributed by atoms with van der Waals surface area (Å²) >= 11 is 0. The highest BCUT2D eigenvalue weighted by molar-refractivity contribution is 5.39. The number of nitrogens with one attached hydrogen (secondary N) is 1. The zero-order chi connectivity index (χ0) is 14.1. The third kappa shape index (κ3) is 2.27. The molecule has 0 aromatic heterocycles. The van der Waals surface area contributed by atoms with E-state index in [2.05, 4.69) is 5.32 Å². The second-order valence-corrected chi connectivity index (χ2v) is 4.93. The number of para-hydroxylation sites is 1. The monoisotopic (exact) mass is 275 g/mol. The summed E-state index contributed by atoms with van der Waals surface area (Å²) in [5.41, 5.74) is 1.09. The number of hydrogen-bond acceptors (Lipinski definition) is 2. The van der Waals surface area contributed by atoms with Gasteiger partial charge in [0.2, 0.25) is 0 Å². The standard InChI is InChI=1S/C16H15F2NO/c1-10(16-12(17)6-4-7-13(16)18)19-14-9-20-15-8-3-2-5-11(14)15/h2-8,10,14,19H,9H2,1H3. The van der Waals surface area contributed by atoms with Gasteiger partial charge in [0, 0.05) is 17.2 Å². The molecule has 0 spiro atoms. The fourth-order valence-corrected chi connectivity index (χ4v) is 2.61. The predicted molar refractivity (Wildman–Crippen MR) is 72.6 cm³/mol. The molecule has 0 radical (unpaired) electrons. The van der Waals surface area contributed by atoms with Crippen LogP contribution in [0.1, 0.15) is 30.1 Å². The number of fused-ring (bicyclic) bond motifs is 1. The normalized spacial score (nSPS) is 18.4. The van der Waals surface area contributed by atoms with Gasteiger partial charge in [-0.1, -0.05) is 24.3 Å². The zero-order valence-corrected chi connectivity index (χ0v) is 11.1. The van der Waals surface area contributed by atoms with Crippen LogP contribution >= 0.6 is 0 Å². The fraction of sp³-hybridized carbons (Fsp3) is 0.250. The van der Waals surface area contributed by atoms with E-state index in [4.69, 9.17) is 4.74 Å². The fourth-order valence-electron chi connectivity index (χ4n) is 2.61. The van der Waals surface area contributed by atoms with Gasteiger partial charge in [0.05, 0.1) is 6.04 Å². The Kier molecular flexibility index (Phi) is 3.40. The lowest BCUT2D eigenvalue weighted by Crippen LogP contribution is -2.27. The summed E-state index contributed by atoms with van der Waals surface area (Å²) in [7, 11) is 0. The summed E-state index contributed by atoms with van der Waals surface area (Å²) in [6.07, 6.45) is 0. The lowest BCUT2D eigenvalue weighted by atomic mass is 10.0. The van der Waals surface area contributed by atoms with Crippen LogP contribution in [0.5, 0.6) is 5.75 Å². The summed E-state index contributed by atoms with van der Waals surface area (Å²) in [6.45, 7) is 2.22. The Labute approximate surface area is 116 Å². The van der Waals surface area contributed by atoms with Crippen LogP contribution in [0.3, 0.4) is 0 Å². The predicted octanol–water partition coefficient (Wildman–Crippen LogP) is 3.75. The van der Waals surface area contributed by atoms with Gasteiger partial charge in [-0.05, 0) is 25.1 Å². The molecule has 2 aromatic carbocycles. The van der Waals surface area contributed by atoms with Crippen molar-refractivity contribution in [3.63, 3.8) is 0 Å². The smallest absolute Gasteiger partial charge is 0.130 e.